The molecule has 0 aliphatic carbocycles. The molecule has 0 saturated heterocycles. The fourth-order valence-corrected chi connectivity index (χ4v) is 3.02. The first-order chi connectivity index (χ1) is 10.1. The van der Waals surface area contributed by atoms with Crippen LogP contribution in [-0.4, -0.2) is 14.9 Å². The van der Waals surface area contributed by atoms with E-state index in [9.17, 15) is 5.11 Å². The third kappa shape index (κ3) is 2.91. The highest BCUT2D eigenvalue weighted by Gasteiger charge is 2.17. The lowest BCUT2D eigenvalue weighted by Gasteiger charge is -2.15. The van der Waals surface area contributed by atoms with Gasteiger partial charge in [0.25, 0.3) is 0 Å². The average molecular weight is 343 g/mol. The zero-order valence-electron chi connectivity index (χ0n) is 11.6. The van der Waals surface area contributed by atoms with Crippen LogP contribution in [0, 0.1) is 6.92 Å². The van der Waals surface area contributed by atoms with Crippen molar-refractivity contribution in [2.75, 3.05) is 0 Å². The van der Waals surface area contributed by atoms with Gasteiger partial charge in [0.15, 0.2) is 0 Å². The van der Waals surface area contributed by atoms with Crippen molar-refractivity contribution in [2.45, 2.75) is 13.0 Å². The molecule has 2 aromatic carbocycles. The zero-order chi connectivity index (χ0) is 14.8. The third-order valence-corrected chi connectivity index (χ3v) is 3.79. The molecule has 1 atom stereocenters. The molecule has 0 spiro atoms. The molecule has 4 heteroatoms. The Morgan fingerprint density at radius 3 is 2.57 bits per heavy atom. The first-order valence-electron chi connectivity index (χ1n) is 6.69. The SMILES string of the molecule is Cc1cc(Br)cc(C(O)c2ccnn2-c2ccccc2)c1. The smallest absolute Gasteiger partial charge is 0.121 e. The number of hydrogen-bond acceptors (Lipinski definition) is 2. The van der Waals surface area contributed by atoms with Gasteiger partial charge in [-0.25, -0.2) is 4.68 Å². The molecule has 0 fully saturated rings. The Kier molecular flexibility index (Phi) is 3.90. The van der Waals surface area contributed by atoms with Gasteiger partial charge >= 0.3 is 0 Å². The largest absolute Gasteiger partial charge is 0.382 e. The van der Waals surface area contributed by atoms with Crippen LogP contribution in [0.15, 0.2) is 65.3 Å². The van der Waals surface area contributed by atoms with Crippen LogP contribution in [0.1, 0.15) is 22.9 Å². The van der Waals surface area contributed by atoms with Gasteiger partial charge in [0, 0.05) is 10.7 Å². The van der Waals surface area contributed by atoms with Gasteiger partial charge in [0.1, 0.15) is 6.10 Å². The van der Waals surface area contributed by atoms with Gasteiger partial charge in [-0.1, -0.05) is 40.2 Å². The molecule has 0 radical (unpaired) electrons. The second-order valence-corrected chi connectivity index (χ2v) is 5.88. The lowest BCUT2D eigenvalue weighted by atomic mass is 10.0. The zero-order valence-corrected chi connectivity index (χ0v) is 13.2. The lowest BCUT2D eigenvalue weighted by molar-refractivity contribution is 0.212. The van der Waals surface area contributed by atoms with Crippen molar-refractivity contribution in [3.05, 3.63) is 82.1 Å². The van der Waals surface area contributed by atoms with Gasteiger partial charge in [0.2, 0.25) is 0 Å². The summed E-state index contributed by atoms with van der Waals surface area (Å²) in [5.41, 5.74) is 3.63. The molecule has 1 heterocycles. The fourth-order valence-electron chi connectivity index (χ4n) is 2.40. The van der Waals surface area contributed by atoms with E-state index in [1.54, 1.807) is 10.9 Å². The Hall–Kier alpha value is -1.91. The van der Waals surface area contributed by atoms with Crippen LogP contribution in [0.3, 0.4) is 0 Å². The maximum absolute atomic E-state index is 10.7. The fraction of sp³-hybridized carbons (Fsp3) is 0.118. The van der Waals surface area contributed by atoms with E-state index in [1.807, 2.05) is 61.5 Å². The van der Waals surface area contributed by atoms with Crippen molar-refractivity contribution in [2.24, 2.45) is 0 Å². The second-order valence-electron chi connectivity index (χ2n) is 4.97. The number of halogens is 1. The number of aliphatic hydroxyl groups is 1. The summed E-state index contributed by atoms with van der Waals surface area (Å²) >= 11 is 3.47. The summed E-state index contributed by atoms with van der Waals surface area (Å²) in [7, 11) is 0. The van der Waals surface area contributed by atoms with Crippen molar-refractivity contribution in [1.29, 1.82) is 0 Å². The highest BCUT2D eigenvalue weighted by atomic mass is 79.9. The first kappa shape index (κ1) is 14.0. The third-order valence-electron chi connectivity index (χ3n) is 3.33. The van der Waals surface area contributed by atoms with Crippen molar-refractivity contribution < 1.29 is 5.11 Å². The molecular formula is C17H15BrN2O. The predicted molar refractivity (Wildman–Crippen MR) is 86.5 cm³/mol. The minimum atomic E-state index is -0.719. The molecule has 0 aliphatic rings. The summed E-state index contributed by atoms with van der Waals surface area (Å²) in [4.78, 5) is 0. The molecule has 0 amide bonds. The summed E-state index contributed by atoms with van der Waals surface area (Å²) < 4.78 is 2.73. The van der Waals surface area contributed by atoms with E-state index in [4.69, 9.17) is 0 Å². The standard InChI is InChI=1S/C17H15BrN2O/c1-12-9-13(11-14(18)10-12)17(21)16-7-8-19-20(16)15-5-3-2-4-6-15/h2-11,17,21H,1H3. The van der Waals surface area contributed by atoms with E-state index in [0.29, 0.717) is 0 Å². The minimum absolute atomic E-state index is 0.719. The van der Waals surface area contributed by atoms with E-state index in [-0.39, 0.29) is 0 Å². The molecule has 1 N–H and O–H groups in total. The normalized spacial score (nSPS) is 12.3. The van der Waals surface area contributed by atoms with E-state index in [1.165, 1.54) is 0 Å². The Labute approximate surface area is 132 Å². The Morgan fingerprint density at radius 2 is 1.86 bits per heavy atom. The van der Waals surface area contributed by atoms with Crippen LogP contribution in [0.4, 0.5) is 0 Å². The molecule has 3 nitrogen and oxygen atoms in total. The van der Waals surface area contributed by atoms with Crippen molar-refractivity contribution in [3.8, 4) is 5.69 Å². The average Bonchev–Trinajstić information content (AvgIpc) is 2.95. The van der Waals surface area contributed by atoms with E-state index < -0.39 is 6.10 Å². The Morgan fingerprint density at radius 1 is 1.10 bits per heavy atom. The minimum Gasteiger partial charge on any atom is -0.382 e. The van der Waals surface area contributed by atoms with Gasteiger partial charge in [-0.3, -0.25) is 0 Å². The van der Waals surface area contributed by atoms with Crippen LogP contribution in [-0.2, 0) is 0 Å². The highest BCUT2D eigenvalue weighted by molar-refractivity contribution is 9.10. The Bertz CT molecular complexity index is 732. The van der Waals surface area contributed by atoms with Gasteiger partial charge in [-0.05, 0) is 48.4 Å². The number of hydrogen-bond donors (Lipinski definition) is 1. The summed E-state index contributed by atoms with van der Waals surface area (Å²) in [6.45, 7) is 2.01. The molecule has 1 unspecified atom stereocenters. The monoisotopic (exact) mass is 342 g/mol. The number of benzene rings is 2. The molecule has 0 bridgehead atoms. The maximum Gasteiger partial charge on any atom is 0.121 e. The number of nitrogens with zero attached hydrogens (tertiary/aromatic N) is 2. The van der Waals surface area contributed by atoms with Crippen LogP contribution in [0.5, 0.6) is 0 Å². The van der Waals surface area contributed by atoms with E-state index >= 15 is 0 Å². The van der Waals surface area contributed by atoms with Crippen LogP contribution < -0.4 is 0 Å². The summed E-state index contributed by atoms with van der Waals surface area (Å²) in [5.74, 6) is 0. The predicted octanol–water partition coefficient (Wildman–Crippen LogP) is 4.02. The van der Waals surface area contributed by atoms with Crippen molar-refractivity contribution in [3.63, 3.8) is 0 Å². The molecule has 1 aromatic heterocycles. The number of rotatable bonds is 3. The Balaban J connectivity index is 2.03. The number of aliphatic hydroxyl groups excluding tert-OH is 1. The summed E-state index contributed by atoms with van der Waals surface area (Å²) in [6.07, 6.45) is 0.986. The molecule has 106 valence electrons. The first-order valence-corrected chi connectivity index (χ1v) is 7.49. The number of aromatic nitrogens is 2. The van der Waals surface area contributed by atoms with Crippen LogP contribution >= 0.6 is 15.9 Å². The van der Waals surface area contributed by atoms with E-state index in [2.05, 4.69) is 21.0 Å². The molecule has 21 heavy (non-hydrogen) atoms. The summed E-state index contributed by atoms with van der Waals surface area (Å²) in [6, 6.07) is 17.6. The van der Waals surface area contributed by atoms with E-state index in [0.717, 1.165) is 27.0 Å². The quantitative estimate of drug-likeness (QED) is 0.780. The van der Waals surface area contributed by atoms with Crippen LogP contribution in [0.2, 0.25) is 0 Å². The van der Waals surface area contributed by atoms with Gasteiger partial charge < -0.3 is 5.11 Å². The van der Waals surface area contributed by atoms with Crippen molar-refractivity contribution in [1.82, 2.24) is 9.78 Å². The molecule has 0 saturated carbocycles. The van der Waals surface area contributed by atoms with Gasteiger partial charge in [0.05, 0.1) is 11.4 Å². The molecular weight excluding hydrogens is 328 g/mol. The van der Waals surface area contributed by atoms with Crippen LogP contribution in [0.25, 0.3) is 5.69 Å². The second kappa shape index (κ2) is 5.84. The maximum atomic E-state index is 10.7. The number of aryl methyl sites for hydroxylation is 1. The summed E-state index contributed by atoms with van der Waals surface area (Å²) in [5, 5.41) is 15.0. The molecule has 3 rings (SSSR count). The topological polar surface area (TPSA) is 38.1 Å². The molecule has 3 aromatic rings. The van der Waals surface area contributed by atoms with Gasteiger partial charge in [-0.2, -0.15) is 5.10 Å². The lowest BCUT2D eigenvalue weighted by Crippen LogP contribution is -2.08. The number of para-hydroxylation sites is 1. The highest BCUT2D eigenvalue weighted by Crippen LogP contribution is 2.27. The molecule has 0 aliphatic heterocycles. The van der Waals surface area contributed by atoms with Crippen molar-refractivity contribution >= 4 is 15.9 Å². The van der Waals surface area contributed by atoms with Gasteiger partial charge in [-0.15, -0.1) is 0 Å².